The average molecular weight is 170 g/mol. The molecule has 1 nitrogen and oxygen atoms in total. The molecular weight excluding hydrogens is 147 g/mol. The van der Waals surface area contributed by atoms with E-state index >= 15 is 0 Å². The smallest absolute Gasteiger partial charge is 0.135 e. The molecule has 0 heterocycles. The molecule has 0 saturated heterocycles. The van der Waals surface area contributed by atoms with Crippen LogP contribution in [0.1, 0.15) is 40.5 Å². The zero-order valence-corrected chi connectivity index (χ0v) is 9.26. The second-order valence-corrected chi connectivity index (χ2v) is 4.34. The lowest BCUT2D eigenvalue weighted by molar-refractivity contribution is 0.0542. The Morgan fingerprint density at radius 1 is 1.00 bits per heavy atom. The predicted octanol–water partition coefficient (Wildman–Crippen LogP) is 2.05. The summed E-state index contributed by atoms with van der Waals surface area (Å²) in [4.78, 5) is 0. The van der Waals surface area contributed by atoms with Crippen LogP contribution in [0.2, 0.25) is 0 Å². The Balaban J connectivity index is 3.69. The Hall–Kier alpha value is 0.0249. The van der Waals surface area contributed by atoms with Crippen molar-refractivity contribution in [3.05, 3.63) is 0 Å². The molecule has 0 fully saturated rings. The fourth-order valence-electron chi connectivity index (χ4n) is 1.52. The summed E-state index contributed by atoms with van der Waals surface area (Å²) in [5.41, 5.74) is 0. The van der Waals surface area contributed by atoms with Crippen molar-refractivity contribution in [1.29, 1.82) is 0 Å². The van der Waals surface area contributed by atoms with Gasteiger partial charge >= 0.3 is 0 Å². The minimum Gasteiger partial charge on any atom is -0.387 e. The second kappa shape index (κ2) is 6.53. The SMILES string of the molecule is BCOC(CC(C)C)CC(C)C. The first-order valence-electron chi connectivity index (χ1n) is 5.17. The summed E-state index contributed by atoms with van der Waals surface area (Å²) >= 11 is 0. The number of rotatable bonds is 6. The van der Waals surface area contributed by atoms with Gasteiger partial charge in [0.1, 0.15) is 7.85 Å². The zero-order valence-electron chi connectivity index (χ0n) is 9.26. The molecule has 0 N–H and O–H groups in total. The first kappa shape index (κ1) is 12.0. The van der Waals surface area contributed by atoms with Crippen molar-refractivity contribution in [1.82, 2.24) is 0 Å². The molecule has 2 heteroatoms. The van der Waals surface area contributed by atoms with E-state index in [1.54, 1.807) is 0 Å². The zero-order chi connectivity index (χ0) is 9.56. The van der Waals surface area contributed by atoms with Crippen LogP contribution in [0.4, 0.5) is 0 Å². The monoisotopic (exact) mass is 170 g/mol. The summed E-state index contributed by atoms with van der Waals surface area (Å²) in [5.74, 6) is 1.50. The first-order chi connectivity index (χ1) is 5.56. The highest BCUT2D eigenvalue weighted by Gasteiger charge is 2.11. The van der Waals surface area contributed by atoms with Gasteiger partial charge in [-0.05, 0) is 24.7 Å². The molecule has 0 aromatic carbocycles. The summed E-state index contributed by atoms with van der Waals surface area (Å²) in [6.45, 7) is 9.88. The van der Waals surface area contributed by atoms with Crippen LogP contribution < -0.4 is 0 Å². The maximum Gasteiger partial charge on any atom is 0.135 e. The van der Waals surface area contributed by atoms with Crippen LogP contribution in [0.5, 0.6) is 0 Å². The van der Waals surface area contributed by atoms with E-state index in [0.717, 1.165) is 18.3 Å². The topological polar surface area (TPSA) is 9.23 Å². The summed E-state index contributed by atoms with van der Waals surface area (Å²) in [6, 6.07) is 0. The minimum absolute atomic E-state index is 0.481. The third-order valence-electron chi connectivity index (χ3n) is 1.87. The Morgan fingerprint density at radius 2 is 1.42 bits per heavy atom. The molecule has 0 aromatic rings. The predicted molar refractivity (Wildman–Crippen MR) is 57.2 cm³/mol. The first-order valence-corrected chi connectivity index (χ1v) is 5.17. The van der Waals surface area contributed by atoms with Crippen molar-refractivity contribution in [2.75, 3.05) is 6.51 Å². The summed E-state index contributed by atoms with van der Waals surface area (Å²) < 4.78 is 5.66. The maximum absolute atomic E-state index is 5.66. The lowest BCUT2D eigenvalue weighted by Crippen LogP contribution is -2.18. The van der Waals surface area contributed by atoms with Gasteiger partial charge in [-0.15, -0.1) is 0 Å². The lowest BCUT2D eigenvalue weighted by Gasteiger charge is -2.20. The van der Waals surface area contributed by atoms with Crippen molar-refractivity contribution in [3.8, 4) is 0 Å². The third kappa shape index (κ3) is 6.72. The molecular formula is C10H23BO. The molecule has 0 radical (unpaired) electrons. The summed E-state index contributed by atoms with van der Waals surface area (Å²) in [6.07, 6.45) is 2.88. The van der Waals surface area contributed by atoms with Crippen molar-refractivity contribution in [2.45, 2.75) is 46.6 Å². The van der Waals surface area contributed by atoms with Crippen LogP contribution in [0.25, 0.3) is 0 Å². The summed E-state index contributed by atoms with van der Waals surface area (Å²) in [7, 11) is 2.08. The van der Waals surface area contributed by atoms with Crippen LogP contribution in [0.15, 0.2) is 0 Å². The highest BCUT2D eigenvalue weighted by molar-refractivity contribution is 6.08. The molecule has 0 aliphatic heterocycles. The molecule has 0 spiro atoms. The maximum atomic E-state index is 5.66. The molecule has 0 aliphatic rings. The number of ether oxygens (including phenoxy) is 1. The number of hydrogen-bond acceptors (Lipinski definition) is 1. The normalized spacial score (nSPS) is 11.9. The van der Waals surface area contributed by atoms with Gasteiger partial charge in [0.15, 0.2) is 0 Å². The van der Waals surface area contributed by atoms with Gasteiger partial charge in [0.2, 0.25) is 0 Å². The number of hydrogen-bond donors (Lipinski definition) is 0. The van der Waals surface area contributed by atoms with E-state index < -0.39 is 0 Å². The molecule has 0 unspecified atom stereocenters. The fourth-order valence-corrected chi connectivity index (χ4v) is 1.52. The molecule has 12 heavy (non-hydrogen) atoms. The van der Waals surface area contributed by atoms with Crippen molar-refractivity contribution < 1.29 is 4.74 Å². The molecule has 72 valence electrons. The van der Waals surface area contributed by atoms with Gasteiger partial charge in [-0.1, -0.05) is 27.7 Å². The van der Waals surface area contributed by atoms with Crippen LogP contribution >= 0.6 is 0 Å². The van der Waals surface area contributed by atoms with E-state index in [1.807, 2.05) is 0 Å². The van der Waals surface area contributed by atoms with Gasteiger partial charge in [-0.25, -0.2) is 0 Å². The molecule has 0 bridgehead atoms. The molecule has 0 atom stereocenters. The van der Waals surface area contributed by atoms with E-state index in [-0.39, 0.29) is 0 Å². The average Bonchev–Trinajstić information content (AvgIpc) is 1.84. The largest absolute Gasteiger partial charge is 0.387 e. The van der Waals surface area contributed by atoms with Crippen LogP contribution in [0, 0.1) is 11.8 Å². The van der Waals surface area contributed by atoms with Gasteiger partial charge in [0.05, 0.1) is 6.10 Å². The highest BCUT2D eigenvalue weighted by Crippen LogP contribution is 2.15. The Morgan fingerprint density at radius 3 is 1.67 bits per heavy atom. The van der Waals surface area contributed by atoms with Crippen LogP contribution in [-0.4, -0.2) is 20.5 Å². The van der Waals surface area contributed by atoms with Gasteiger partial charge in [-0.3, -0.25) is 0 Å². The van der Waals surface area contributed by atoms with Crippen molar-refractivity contribution in [3.63, 3.8) is 0 Å². The van der Waals surface area contributed by atoms with Crippen molar-refractivity contribution in [2.24, 2.45) is 11.8 Å². The quantitative estimate of drug-likeness (QED) is 0.554. The standard InChI is InChI=1S/C10H23BO/c1-8(2)5-10(12-7-11)6-9(3)4/h8-10H,5-7,11H2,1-4H3. The van der Waals surface area contributed by atoms with Gasteiger partial charge in [-0.2, -0.15) is 0 Å². The Bertz CT molecular complexity index is 92.0. The second-order valence-electron chi connectivity index (χ2n) is 4.34. The molecule has 0 aliphatic carbocycles. The van der Waals surface area contributed by atoms with E-state index in [1.165, 1.54) is 12.8 Å². The Kier molecular flexibility index (Phi) is 6.54. The van der Waals surface area contributed by atoms with E-state index in [2.05, 4.69) is 35.5 Å². The fraction of sp³-hybridized carbons (Fsp3) is 1.00. The lowest BCUT2D eigenvalue weighted by atomic mass is 9.97. The van der Waals surface area contributed by atoms with Crippen LogP contribution in [-0.2, 0) is 4.74 Å². The van der Waals surface area contributed by atoms with E-state index in [9.17, 15) is 0 Å². The Labute approximate surface area is 78.3 Å². The summed E-state index contributed by atoms with van der Waals surface area (Å²) in [5, 5.41) is 0. The van der Waals surface area contributed by atoms with Crippen LogP contribution in [0.3, 0.4) is 0 Å². The minimum atomic E-state index is 0.481. The molecule has 0 amide bonds. The third-order valence-corrected chi connectivity index (χ3v) is 1.87. The van der Waals surface area contributed by atoms with Crippen molar-refractivity contribution >= 4 is 7.85 Å². The molecule has 0 rings (SSSR count). The highest BCUT2D eigenvalue weighted by atomic mass is 16.5. The molecule has 0 aromatic heterocycles. The van der Waals surface area contributed by atoms with E-state index in [0.29, 0.717) is 6.10 Å². The van der Waals surface area contributed by atoms with Gasteiger partial charge in [0.25, 0.3) is 0 Å². The molecule has 0 saturated carbocycles. The van der Waals surface area contributed by atoms with Gasteiger partial charge < -0.3 is 4.74 Å². The van der Waals surface area contributed by atoms with Gasteiger partial charge in [0, 0.05) is 6.51 Å². The van der Waals surface area contributed by atoms with E-state index in [4.69, 9.17) is 4.74 Å².